The van der Waals surface area contributed by atoms with Crippen molar-refractivity contribution in [2.75, 3.05) is 5.32 Å². The molecule has 2 aromatic carbocycles. The maximum Gasteiger partial charge on any atom is 0.246 e. The number of aryl methyl sites for hydroxylation is 1. The summed E-state index contributed by atoms with van der Waals surface area (Å²) in [6, 6.07) is 17.6. The topological polar surface area (TPSA) is 85.6 Å². The van der Waals surface area contributed by atoms with Crippen LogP contribution in [0.4, 0.5) is 10.1 Å². The van der Waals surface area contributed by atoms with E-state index < -0.39 is 5.82 Å². The van der Waals surface area contributed by atoms with Crippen LogP contribution < -0.4 is 5.32 Å². The van der Waals surface area contributed by atoms with E-state index in [0.717, 1.165) is 39.6 Å². The molecule has 3 heterocycles. The zero-order chi connectivity index (χ0) is 22.1. The summed E-state index contributed by atoms with van der Waals surface area (Å²) in [6.07, 6.45) is 1.79. The Bertz CT molecular complexity index is 1440. The van der Waals surface area contributed by atoms with E-state index in [-0.39, 0.29) is 18.1 Å². The number of para-hydroxylation sites is 1. The molecule has 5 rings (SSSR count). The number of fused-ring (bicyclic) bond motifs is 1. The number of carbonyl (C=O) groups is 1. The summed E-state index contributed by atoms with van der Waals surface area (Å²) in [5.41, 5.74) is 5.67. The van der Waals surface area contributed by atoms with Gasteiger partial charge >= 0.3 is 0 Å². The average molecular weight is 444 g/mol. The fourth-order valence-electron chi connectivity index (χ4n) is 3.43. The third-order valence-corrected chi connectivity index (χ3v) is 5.47. The van der Waals surface area contributed by atoms with E-state index in [1.807, 2.05) is 43.3 Å². The lowest BCUT2D eigenvalue weighted by molar-refractivity contribution is -0.116. The lowest BCUT2D eigenvalue weighted by Gasteiger charge is -2.06. The molecule has 7 nitrogen and oxygen atoms in total. The second-order valence-electron chi connectivity index (χ2n) is 7.25. The van der Waals surface area contributed by atoms with Gasteiger partial charge < -0.3 is 5.32 Å². The second kappa shape index (κ2) is 8.27. The molecular formula is C23H17FN6OS. The van der Waals surface area contributed by atoms with Crippen molar-refractivity contribution in [3.8, 4) is 22.5 Å². The molecule has 0 aliphatic rings. The molecule has 0 saturated carbocycles. The van der Waals surface area contributed by atoms with Crippen LogP contribution >= 0.6 is 11.7 Å². The lowest BCUT2D eigenvalue weighted by atomic mass is 10.0. The summed E-state index contributed by atoms with van der Waals surface area (Å²) in [7, 11) is 0. The number of halogens is 1. The van der Waals surface area contributed by atoms with Gasteiger partial charge in [0, 0.05) is 17.5 Å². The number of aromatic nitrogens is 5. The van der Waals surface area contributed by atoms with E-state index in [4.69, 9.17) is 0 Å². The van der Waals surface area contributed by atoms with Gasteiger partial charge in [0.2, 0.25) is 5.91 Å². The molecule has 1 amide bonds. The molecule has 9 heteroatoms. The van der Waals surface area contributed by atoms with Gasteiger partial charge in [0.05, 0.1) is 23.1 Å². The molecular weight excluding hydrogens is 427 g/mol. The SMILES string of the molecule is Cc1cccc(-c2nn(CC(=O)Nc3ccccc3F)cc2-c2ccc3nsnc3c2)n1. The number of benzene rings is 2. The van der Waals surface area contributed by atoms with E-state index >= 15 is 0 Å². The van der Waals surface area contributed by atoms with Crippen molar-refractivity contribution in [2.24, 2.45) is 0 Å². The summed E-state index contributed by atoms with van der Waals surface area (Å²) >= 11 is 1.16. The van der Waals surface area contributed by atoms with Crippen molar-refractivity contribution in [1.82, 2.24) is 23.5 Å². The predicted molar refractivity (Wildman–Crippen MR) is 122 cm³/mol. The van der Waals surface area contributed by atoms with Crippen molar-refractivity contribution in [3.05, 3.63) is 78.4 Å². The number of amides is 1. The quantitative estimate of drug-likeness (QED) is 0.425. The Kier molecular flexibility index (Phi) is 5.16. The van der Waals surface area contributed by atoms with Crippen molar-refractivity contribution < 1.29 is 9.18 Å². The first-order valence-corrected chi connectivity index (χ1v) is 10.6. The summed E-state index contributed by atoms with van der Waals surface area (Å²) in [5, 5.41) is 7.23. The van der Waals surface area contributed by atoms with Crippen LogP contribution in [0, 0.1) is 12.7 Å². The molecule has 0 aliphatic carbocycles. The molecule has 0 radical (unpaired) electrons. The minimum atomic E-state index is -0.489. The summed E-state index contributed by atoms with van der Waals surface area (Å²) < 4.78 is 24.0. The minimum absolute atomic E-state index is 0.0757. The number of carbonyl (C=O) groups excluding carboxylic acids is 1. The summed E-state index contributed by atoms with van der Waals surface area (Å²) in [6.45, 7) is 1.84. The molecule has 0 bridgehead atoms. The number of nitrogens with zero attached hydrogens (tertiary/aromatic N) is 5. The number of nitrogens with one attached hydrogen (secondary N) is 1. The van der Waals surface area contributed by atoms with Crippen LogP contribution in [0.2, 0.25) is 0 Å². The van der Waals surface area contributed by atoms with Crippen molar-refractivity contribution in [1.29, 1.82) is 0 Å². The Morgan fingerprint density at radius 3 is 2.75 bits per heavy atom. The fraction of sp³-hybridized carbons (Fsp3) is 0.0870. The highest BCUT2D eigenvalue weighted by molar-refractivity contribution is 7.00. The Morgan fingerprint density at radius 2 is 1.91 bits per heavy atom. The highest BCUT2D eigenvalue weighted by Gasteiger charge is 2.17. The number of anilines is 1. The zero-order valence-electron chi connectivity index (χ0n) is 17.0. The van der Waals surface area contributed by atoms with Gasteiger partial charge in [0.15, 0.2) is 0 Å². The van der Waals surface area contributed by atoms with Crippen LogP contribution in [0.15, 0.2) is 66.9 Å². The Labute approximate surface area is 186 Å². The molecule has 3 aromatic heterocycles. The van der Waals surface area contributed by atoms with E-state index in [0.29, 0.717) is 11.4 Å². The normalized spacial score (nSPS) is 11.1. The maximum absolute atomic E-state index is 13.9. The van der Waals surface area contributed by atoms with Gasteiger partial charge in [-0.05, 0) is 48.9 Å². The Hall–Kier alpha value is -3.98. The first kappa shape index (κ1) is 20.0. The monoisotopic (exact) mass is 444 g/mol. The Morgan fingerprint density at radius 1 is 1.06 bits per heavy atom. The van der Waals surface area contributed by atoms with Gasteiger partial charge in [-0.2, -0.15) is 13.8 Å². The van der Waals surface area contributed by atoms with Crippen LogP contribution in [0.25, 0.3) is 33.5 Å². The molecule has 0 saturated heterocycles. The van der Waals surface area contributed by atoms with E-state index in [9.17, 15) is 9.18 Å². The number of hydrogen-bond acceptors (Lipinski definition) is 6. The molecule has 158 valence electrons. The smallest absolute Gasteiger partial charge is 0.246 e. The first-order valence-electron chi connectivity index (χ1n) is 9.85. The molecule has 1 N–H and O–H groups in total. The average Bonchev–Trinajstić information content (AvgIpc) is 3.42. The van der Waals surface area contributed by atoms with Gasteiger partial charge in [-0.25, -0.2) is 4.39 Å². The van der Waals surface area contributed by atoms with Crippen LogP contribution in [-0.2, 0) is 11.3 Å². The molecule has 0 aliphatic heterocycles. The van der Waals surface area contributed by atoms with E-state index in [1.165, 1.54) is 16.8 Å². The van der Waals surface area contributed by atoms with Gasteiger partial charge in [0.25, 0.3) is 0 Å². The molecule has 0 atom stereocenters. The first-order chi connectivity index (χ1) is 15.6. The van der Waals surface area contributed by atoms with Gasteiger partial charge in [-0.15, -0.1) is 0 Å². The van der Waals surface area contributed by atoms with Crippen molar-refractivity contribution in [3.63, 3.8) is 0 Å². The van der Waals surface area contributed by atoms with Crippen LogP contribution in [0.3, 0.4) is 0 Å². The highest BCUT2D eigenvalue weighted by Crippen LogP contribution is 2.32. The number of hydrogen-bond donors (Lipinski definition) is 1. The largest absolute Gasteiger partial charge is 0.322 e. The summed E-state index contributed by atoms with van der Waals surface area (Å²) in [5.74, 6) is -0.871. The third kappa shape index (κ3) is 3.97. The van der Waals surface area contributed by atoms with Crippen LogP contribution in [-0.4, -0.2) is 29.4 Å². The van der Waals surface area contributed by atoms with Gasteiger partial charge in [-0.1, -0.05) is 24.3 Å². The highest BCUT2D eigenvalue weighted by atomic mass is 32.1. The second-order valence-corrected chi connectivity index (χ2v) is 7.78. The zero-order valence-corrected chi connectivity index (χ0v) is 17.8. The fourth-order valence-corrected chi connectivity index (χ4v) is 3.94. The minimum Gasteiger partial charge on any atom is -0.322 e. The molecule has 0 spiro atoms. The lowest BCUT2D eigenvalue weighted by Crippen LogP contribution is -2.19. The summed E-state index contributed by atoms with van der Waals surface area (Å²) in [4.78, 5) is 17.2. The molecule has 5 aromatic rings. The van der Waals surface area contributed by atoms with Crippen molar-refractivity contribution in [2.45, 2.75) is 13.5 Å². The molecule has 32 heavy (non-hydrogen) atoms. The molecule has 0 unspecified atom stereocenters. The third-order valence-electron chi connectivity index (χ3n) is 4.91. The molecule has 0 fully saturated rings. The Balaban J connectivity index is 1.52. The predicted octanol–water partition coefficient (Wildman–Crippen LogP) is 4.70. The van der Waals surface area contributed by atoms with E-state index in [2.05, 4.69) is 24.1 Å². The van der Waals surface area contributed by atoms with Crippen LogP contribution in [0.1, 0.15) is 5.69 Å². The van der Waals surface area contributed by atoms with E-state index in [1.54, 1.807) is 18.3 Å². The maximum atomic E-state index is 13.9. The standard InChI is InChI=1S/C23H17FN6OS/c1-14-5-4-8-20(25-14)23-16(15-9-10-19-21(11-15)29-32-28-19)12-30(27-23)13-22(31)26-18-7-3-2-6-17(18)24/h2-12H,13H2,1H3,(H,26,31). The van der Waals surface area contributed by atoms with Crippen LogP contribution in [0.5, 0.6) is 0 Å². The number of rotatable bonds is 5. The number of pyridine rings is 1. The van der Waals surface area contributed by atoms with Gasteiger partial charge in [0.1, 0.15) is 29.1 Å². The van der Waals surface area contributed by atoms with Gasteiger partial charge in [-0.3, -0.25) is 14.5 Å². The van der Waals surface area contributed by atoms with Crippen molar-refractivity contribution >= 4 is 34.4 Å².